The molecular weight excluding hydrogens is 196 g/mol. The van der Waals surface area contributed by atoms with Crippen LogP contribution in [0.25, 0.3) is 0 Å². The lowest BCUT2D eigenvalue weighted by atomic mass is 9.84. The molecule has 0 aromatic rings. The Kier molecular flexibility index (Phi) is 3.21. The molecule has 0 aromatic carbocycles. The second kappa shape index (κ2) is 4.66. The highest BCUT2D eigenvalue weighted by Crippen LogP contribution is 2.31. The fourth-order valence-electron chi connectivity index (χ4n) is 3.77. The average molecular weight is 222 g/mol. The van der Waals surface area contributed by atoms with Gasteiger partial charge in [-0.25, -0.2) is 0 Å². The molecule has 0 spiro atoms. The Morgan fingerprint density at radius 1 is 1.06 bits per heavy atom. The first-order chi connectivity index (χ1) is 7.86. The molecule has 2 nitrogen and oxygen atoms in total. The van der Waals surface area contributed by atoms with E-state index < -0.39 is 0 Å². The van der Waals surface area contributed by atoms with Crippen molar-refractivity contribution in [3.05, 3.63) is 0 Å². The van der Waals surface area contributed by atoms with E-state index in [2.05, 4.69) is 16.7 Å². The van der Waals surface area contributed by atoms with E-state index in [0.717, 1.165) is 18.0 Å². The van der Waals surface area contributed by atoms with Crippen LogP contribution in [0.4, 0.5) is 0 Å². The number of hydrogen-bond donors (Lipinski definition) is 0. The van der Waals surface area contributed by atoms with Crippen molar-refractivity contribution in [1.29, 1.82) is 0 Å². The molecule has 1 aliphatic carbocycles. The van der Waals surface area contributed by atoms with E-state index in [0.29, 0.717) is 0 Å². The number of fused-ring (bicyclic) bond motifs is 1. The van der Waals surface area contributed by atoms with Crippen LogP contribution in [0, 0.1) is 5.92 Å². The molecule has 0 radical (unpaired) electrons. The molecule has 3 aliphatic rings. The van der Waals surface area contributed by atoms with Crippen molar-refractivity contribution in [3.63, 3.8) is 0 Å². The number of rotatable bonds is 3. The maximum atomic E-state index is 2.83. The Morgan fingerprint density at radius 2 is 1.94 bits per heavy atom. The van der Waals surface area contributed by atoms with Gasteiger partial charge in [-0.1, -0.05) is 13.3 Å². The molecule has 16 heavy (non-hydrogen) atoms. The minimum atomic E-state index is 0.856. The second-order valence-corrected chi connectivity index (χ2v) is 6.10. The zero-order valence-electron chi connectivity index (χ0n) is 10.7. The molecule has 0 bridgehead atoms. The maximum absolute atomic E-state index is 2.83. The van der Waals surface area contributed by atoms with Gasteiger partial charge >= 0.3 is 0 Å². The molecule has 2 heteroatoms. The molecule has 0 N–H and O–H groups in total. The fourth-order valence-corrected chi connectivity index (χ4v) is 3.77. The third kappa shape index (κ3) is 2.02. The third-order valence-electron chi connectivity index (χ3n) is 5.09. The van der Waals surface area contributed by atoms with Gasteiger partial charge in [0.2, 0.25) is 0 Å². The normalized spacial score (nSPS) is 37.3. The van der Waals surface area contributed by atoms with Crippen LogP contribution in [0.2, 0.25) is 0 Å². The van der Waals surface area contributed by atoms with E-state index in [1.165, 1.54) is 64.7 Å². The van der Waals surface area contributed by atoms with Gasteiger partial charge in [-0.05, 0) is 44.6 Å². The van der Waals surface area contributed by atoms with Crippen molar-refractivity contribution >= 4 is 0 Å². The summed E-state index contributed by atoms with van der Waals surface area (Å²) in [6, 6.07) is 1.76. The summed E-state index contributed by atoms with van der Waals surface area (Å²) in [5.41, 5.74) is 0. The van der Waals surface area contributed by atoms with E-state index in [1.54, 1.807) is 0 Å². The summed E-state index contributed by atoms with van der Waals surface area (Å²) in [5.74, 6) is 1.04. The van der Waals surface area contributed by atoms with Gasteiger partial charge in [0, 0.05) is 31.7 Å². The SMILES string of the molecule is CCC1CN2CCCC2CN1CC1CCC1. The Labute approximate surface area is 100.0 Å². The van der Waals surface area contributed by atoms with Crippen molar-refractivity contribution in [2.45, 2.75) is 57.5 Å². The molecule has 2 aliphatic heterocycles. The summed E-state index contributed by atoms with van der Waals surface area (Å²) in [7, 11) is 0. The zero-order valence-corrected chi connectivity index (χ0v) is 10.7. The highest BCUT2D eigenvalue weighted by Gasteiger charge is 2.36. The fraction of sp³-hybridized carbons (Fsp3) is 1.00. The van der Waals surface area contributed by atoms with Gasteiger partial charge in [-0.15, -0.1) is 0 Å². The second-order valence-electron chi connectivity index (χ2n) is 6.10. The van der Waals surface area contributed by atoms with Gasteiger partial charge in [-0.3, -0.25) is 9.80 Å². The Balaban J connectivity index is 1.60. The van der Waals surface area contributed by atoms with E-state index in [9.17, 15) is 0 Å². The maximum Gasteiger partial charge on any atom is 0.0224 e. The number of piperazine rings is 1. The lowest BCUT2D eigenvalue weighted by Crippen LogP contribution is -2.57. The standard InChI is InChI=1S/C14H26N2/c1-2-13-10-15-8-4-7-14(15)11-16(13)9-12-5-3-6-12/h12-14H,2-11H2,1H3. The Hall–Kier alpha value is -0.0800. The van der Waals surface area contributed by atoms with Gasteiger partial charge in [0.1, 0.15) is 0 Å². The highest BCUT2D eigenvalue weighted by atomic mass is 15.3. The van der Waals surface area contributed by atoms with E-state index in [1.807, 2.05) is 0 Å². The summed E-state index contributed by atoms with van der Waals surface area (Å²) in [6.07, 6.45) is 8.74. The summed E-state index contributed by atoms with van der Waals surface area (Å²) in [5, 5.41) is 0. The molecule has 0 aromatic heterocycles. The Bertz CT molecular complexity index is 237. The van der Waals surface area contributed by atoms with Crippen molar-refractivity contribution in [1.82, 2.24) is 9.80 Å². The molecule has 3 fully saturated rings. The van der Waals surface area contributed by atoms with Gasteiger partial charge < -0.3 is 0 Å². The van der Waals surface area contributed by atoms with Crippen molar-refractivity contribution in [3.8, 4) is 0 Å². The largest absolute Gasteiger partial charge is 0.298 e. The van der Waals surface area contributed by atoms with Crippen molar-refractivity contribution in [2.75, 3.05) is 26.2 Å². The topological polar surface area (TPSA) is 6.48 Å². The average Bonchev–Trinajstić information content (AvgIpc) is 2.68. The number of hydrogen-bond acceptors (Lipinski definition) is 2. The monoisotopic (exact) mass is 222 g/mol. The molecule has 3 rings (SSSR count). The minimum Gasteiger partial charge on any atom is -0.298 e. The summed E-state index contributed by atoms with van der Waals surface area (Å²) in [6.45, 7) is 7.87. The summed E-state index contributed by atoms with van der Waals surface area (Å²) >= 11 is 0. The molecule has 92 valence electrons. The lowest BCUT2D eigenvalue weighted by Gasteiger charge is -2.45. The van der Waals surface area contributed by atoms with Crippen LogP contribution < -0.4 is 0 Å². The molecule has 2 saturated heterocycles. The van der Waals surface area contributed by atoms with Crippen LogP contribution in [-0.2, 0) is 0 Å². The summed E-state index contributed by atoms with van der Waals surface area (Å²) < 4.78 is 0. The van der Waals surface area contributed by atoms with Crippen LogP contribution in [0.3, 0.4) is 0 Å². The van der Waals surface area contributed by atoms with E-state index in [4.69, 9.17) is 0 Å². The third-order valence-corrected chi connectivity index (χ3v) is 5.09. The molecule has 2 unspecified atom stereocenters. The van der Waals surface area contributed by atoms with Gasteiger partial charge in [0.25, 0.3) is 0 Å². The van der Waals surface area contributed by atoms with Crippen LogP contribution in [0.1, 0.15) is 45.4 Å². The highest BCUT2D eigenvalue weighted by molar-refractivity contribution is 4.92. The van der Waals surface area contributed by atoms with Crippen LogP contribution in [-0.4, -0.2) is 48.1 Å². The van der Waals surface area contributed by atoms with Gasteiger partial charge in [-0.2, -0.15) is 0 Å². The van der Waals surface area contributed by atoms with Crippen LogP contribution in [0.5, 0.6) is 0 Å². The van der Waals surface area contributed by atoms with E-state index in [-0.39, 0.29) is 0 Å². The zero-order chi connectivity index (χ0) is 11.0. The summed E-state index contributed by atoms with van der Waals surface area (Å²) in [4.78, 5) is 5.59. The first kappa shape index (κ1) is 11.0. The Morgan fingerprint density at radius 3 is 2.62 bits per heavy atom. The van der Waals surface area contributed by atoms with Gasteiger partial charge in [0.05, 0.1) is 0 Å². The predicted octanol–water partition coefficient (Wildman–Crippen LogP) is 2.35. The van der Waals surface area contributed by atoms with E-state index >= 15 is 0 Å². The molecule has 0 amide bonds. The van der Waals surface area contributed by atoms with Crippen LogP contribution in [0.15, 0.2) is 0 Å². The molecule has 2 atom stereocenters. The molecular formula is C14H26N2. The lowest BCUT2D eigenvalue weighted by molar-refractivity contribution is 0.0284. The predicted molar refractivity (Wildman–Crippen MR) is 67.6 cm³/mol. The quantitative estimate of drug-likeness (QED) is 0.723. The van der Waals surface area contributed by atoms with Gasteiger partial charge in [0.15, 0.2) is 0 Å². The molecule has 1 saturated carbocycles. The number of nitrogens with zero attached hydrogens (tertiary/aromatic N) is 2. The minimum absolute atomic E-state index is 0.856. The van der Waals surface area contributed by atoms with Crippen molar-refractivity contribution < 1.29 is 0 Å². The first-order valence-corrected chi connectivity index (χ1v) is 7.35. The van der Waals surface area contributed by atoms with Crippen LogP contribution >= 0.6 is 0 Å². The molecule has 2 heterocycles. The smallest absolute Gasteiger partial charge is 0.0224 e. The van der Waals surface area contributed by atoms with Crippen molar-refractivity contribution in [2.24, 2.45) is 5.92 Å². The first-order valence-electron chi connectivity index (χ1n) is 7.35.